The van der Waals surface area contributed by atoms with Crippen LogP contribution in [0.15, 0.2) is 22.7 Å². The van der Waals surface area contributed by atoms with Gasteiger partial charge in [0.05, 0.1) is 16.7 Å². The van der Waals surface area contributed by atoms with Crippen molar-refractivity contribution in [1.29, 1.82) is 0 Å². The number of benzene rings is 1. The van der Waals surface area contributed by atoms with Crippen molar-refractivity contribution in [2.45, 2.75) is 6.18 Å². The molecular weight excluding hydrogens is 249 g/mol. The zero-order valence-electron chi connectivity index (χ0n) is 9.15. The third-order valence-corrected chi connectivity index (χ3v) is 1.77. The van der Waals surface area contributed by atoms with E-state index in [0.717, 1.165) is 12.1 Å². The molecule has 1 aromatic rings. The van der Waals surface area contributed by atoms with E-state index in [4.69, 9.17) is 4.11 Å². The van der Waals surface area contributed by atoms with Crippen LogP contribution in [0, 0.1) is 0 Å². The molecule has 0 radical (unpaired) electrons. The number of alkyl halides is 3. The van der Waals surface area contributed by atoms with Gasteiger partial charge >= 0.3 is 6.18 Å². The molecule has 13 heavy (non-hydrogen) atoms. The van der Waals surface area contributed by atoms with Gasteiger partial charge in [-0.2, -0.15) is 13.2 Å². The molecule has 0 aromatic heterocycles. The lowest BCUT2D eigenvalue weighted by Crippen LogP contribution is -2.04. The van der Waals surface area contributed by atoms with Gasteiger partial charge in [0.1, 0.15) is 5.75 Å². The van der Waals surface area contributed by atoms with Crippen LogP contribution in [-0.2, 0) is 6.18 Å². The Labute approximate surface area is 85.9 Å². The van der Waals surface area contributed by atoms with E-state index >= 15 is 0 Å². The van der Waals surface area contributed by atoms with Gasteiger partial charge in [0.25, 0.3) is 0 Å². The first-order valence-corrected chi connectivity index (χ1v) is 3.94. The first-order valence-electron chi connectivity index (χ1n) is 4.65. The van der Waals surface area contributed by atoms with Crippen LogP contribution in [0.5, 0.6) is 5.75 Å². The summed E-state index contributed by atoms with van der Waals surface area (Å²) in [6.45, 7) is 0. The molecule has 0 unspecified atom stereocenters. The fourth-order valence-electron chi connectivity index (χ4n) is 0.785. The minimum Gasteiger partial charge on any atom is -0.497 e. The third-order valence-electron chi connectivity index (χ3n) is 1.32. The molecule has 0 aliphatic rings. The lowest BCUT2D eigenvalue weighted by molar-refractivity contribution is -0.137. The molecule has 5 heteroatoms. The van der Waals surface area contributed by atoms with Gasteiger partial charge in [-0.1, -0.05) is 15.9 Å². The average Bonchev–Trinajstić information content (AvgIpc) is 1.97. The van der Waals surface area contributed by atoms with Gasteiger partial charge in [0.15, 0.2) is 0 Å². The molecule has 1 rings (SSSR count). The van der Waals surface area contributed by atoms with Crippen molar-refractivity contribution < 1.29 is 22.0 Å². The van der Waals surface area contributed by atoms with Gasteiger partial charge in [-0.3, -0.25) is 0 Å². The van der Waals surface area contributed by atoms with Crippen LogP contribution in [0.25, 0.3) is 0 Å². The van der Waals surface area contributed by atoms with Crippen LogP contribution >= 0.6 is 15.9 Å². The Hall–Kier alpha value is -0.710. The molecule has 0 saturated carbocycles. The summed E-state index contributed by atoms with van der Waals surface area (Å²) < 4.78 is 61.9. The Kier molecular flexibility index (Phi) is 1.84. The SMILES string of the molecule is [2H]C([2H])([2H])Oc1cc(Br)cc(C(F)(F)F)c1. The predicted molar refractivity (Wildman–Crippen MR) is 45.7 cm³/mol. The van der Waals surface area contributed by atoms with Crippen molar-refractivity contribution in [2.75, 3.05) is 7.04 Å². The molecule has 72 valence electrons. The van der Waals surface area contributed by atoms with Crippen molar-refractivity contribution in [2.24, 2.45) is 0 Å². The maximum atomic E-state index is 12.4. The zero-order chi connectivity index (χ0) is 12.6. The molecule has 0 spiro atoms. The normalized spacial score (nSPS) is 15.8. The molecular formula is C8H6BrF3O. The van der Waals surface area contributed by atoms with E-state index in [0.29, 0.717) is 6.07 Å². The zero-order valence-corrected chi connectivity index (χ0v) is 7.74. The predicted octanol–water partition coefficient (Wildman–Crippen LogP) is 3.48. The highest BCUT2D eigenvalue weighted by Crippen LogP contribution is 2.33. The second-order valence-electron chi connectivity index (χ2n) is 2.28. The Morgan fingerprint density at radius 3 is 2.62 bits per heavy atom. The summed E-state index contributed by atoms with van der Waals surface area (Å²) >= 11 is 2.85. The molecule has 0 fully saturated rings. The molecule has 0 N–H and O–H groups in total. The molecule has 0 amide bonds. The highest BCUT2D eigenvalue weighted by molar-refractivity contribution is 9.10. The summed E-state index contributed by atoms with van der Waals surface area (Å²) in [5.74, 6) is -0.360. The lowest BCUT2D eigenvalue weighted by atomic mass is 10.2. The summed E-state index contributed by atoms with van der Waals surface area (Å²) in [5.41, 5.74) is -0.971. The first kappa shape index (κ1) is 6.70. The monoisotopic (exact) mass is 257 g/mol. The summed E-state index contributed by atoms with van der Waals surface area (Å²) in [4.78, 5) is 0. The topological polar surface area (TPSA) is 9.23 Å². The number of halogens is 4. The second-order valence-corrected chi connectivity index (χ2v) is 3.19. The maximum absolute atomic E-state index is 12.4. The van der Waals surface area contributed by atoms with E-state index in [1.165, 1.54) is 0 Å². The minimum absolute atomic E-state index is 0.0987. The van der Waals surface area contributed by atoms with E-state index in [9.17, 15) is 13.2 Å². The molecule has 0 aliphatic carbocycles. The molecule has 1 aromatic carbocycles. The van der Waals surface area contributed by atoms with Crippen LogP contribution in [0.3, 0.4) is 0 Å². The number of ether oxygens (including phenoxy) is 1. The van der Waals surface area contributed by atoms with Crippen LogP contribution in [0.2, 0.25) is 0 Å². The molecule has 0 aliphatic heterocycles. The molecule has 0 atom stereocenters. The van der Waals surface area contributed by atoms with Gasteiger partial charge in [0, 0.05) is 4.47 Å². The Morgan fingerprint density at radius 1 is 1.38 bits per heavy atom. The lowest BCUT2D eigenvalue weighted by Gasteiger charge is -2.08. The molecule has 0 bridgehead atoms. The summed E-state index contributed by atoms with van der Waals surface area (Å²) in [6.07, 6.45) is -4.55. The quantitative estimate of drug-likeness (QED) is 0.749. The van der Waals surface area contributed by atoms with E-state index < -0.39 is 18.8 Å². The van der Waals surface area contributed by atoms with Gasteiger partial charge in [0.2, 0.25) is 0 Å². The van der Waals surface area contributed by atoms with E-state index in [1.54, 1.807) is 0 Å². The number of hydrogen-bond donors (Lipinski definition) is 0. The van der Waals surface area contributed by atoms with E-state index in [1.807, 2.05) is 0 Å². The summed E-state index contributed by atoms with van der Waals surface area (Å²) in [6, 6.07) is 2.63. The minimum atomic E-state index is -4.55. The molecule has 1 nitrogen and oxygen atoms in total. The molecule has 0 heterocycles. The van der Waals surface area contributed by atoms with Crippen molar-refractivity contribution >= 4 is 15.9 Å². The van der Waals surface area contributed by atoms with Crippen molar-refractivity contribution in [1.82, 2.24) is 0 Å². The van der Waals surface area contributed by atoms with Crippen LogP contribution in [0.1, 0.15) is 9.68 Å². The number of rotatable bonds is 1. The highest BCUT2D eigenvalue weighted by atomic mass is 79.9. The summed E-state index contributed by atoms with van der Waals surface area (Å²) in [5, 5.41) is 0. The average molecular weight is 258 g/mol. The Bertz CT molecular complexity index is 389. The van der Waals surface area contributed by atoms with Crippen molar-refractivity contribution in [3.8, 4) is 5.75 Å². The number of hydrogen-bond acceptors (Lipinski definition) is 1. The largest absolute Gasteiger partial charge is 0.497 e. The van der Waals surface area contributed by atoms with Crippen LogP contribution < -0.4 is 4.74 Å². The van der Waals surface area contributed by atoms with Crippen molar-refractivity contribution in [3.63, 3.8) is 0 Å². The van der Waals surface area contributed by atoms with Crippen molar-refractivity contribution in [3.05, 3.63) is 28.2 Å². The maximum Gasteiger partial charge on any atom is 0.416 e. The van der Waals surface area contributed by atoms with E-state index in [2.05, 4.69) is 20.7 Å². The van der Waals surface area contributed by atoms with E-state index in [-0.39, 0.29) is 10.2 Å². The molecule has 0 saturated heterocycles. The Balaban J connectivity index is 3.09. The fraction of sp³-hybridized carbons (Fsp3) is 0.250. The highest BCUT2D eigenvalue weighted by Gasteiger charge is 2.31. The van der Waals surface area contributed by atoms with Crippen LogP contribution in [-0.4, -0.2) is 7.04 Å². The van der Waals surface area contributed by atoms with Gasteiger partial charge in [-0.05, 0) is 18.2 Å². The first-order chi connectivity index (χ1) is 7.08. The van der Waals surface area contributed by atoms with Gasteiger partial charge in [-0.25, -0.2) is 0 Å². The third kappa shape index (κ3) is 2.62. The van der Waals surface area contributed by atoms with Gasteiger partial charge in [-0.15, -0.1) is 0 Å². The van der Waals surface area contributed by atoms with Gasteiger partial charge < -0.3 is 4.74 Å². The van der Waals surface area contributed by atoms with Crippen LogP contribution in [0.4, 0.5) is 13.2 Å². The standard InChI is InChI=1S/C8H6BrF3O/c1-13-7-3-5(8(10,11)12)2-6(9)4-7/h2-4H,1H3/i1D3. The smallest absolute Gasteiger partial charge is 0.416 e. The summed E-state index contributed by atoms with van der Waals surface area (Å²) in [7, 11) is -2.77. The fourth-order valence-corrected chi connectivity index (χ4v) is 1.26. The Morgan fingerprint density at radius 2 is 2.08 bits per heavy atom. The number of methoxy groups -OCH3 is 1. The second kappa shape index (κ2) is 3.57.